The van der Waals surface area contributed by atoms with Crippen LogP contribution in [-0.2, 0) is 9.53 Å². The third kappa shape index (κ3) is 3.06. The molecular formula is C9H12N2O5. The number of hydrogen-bond donors (Lipinski definition) is 2. The molecule has 0 aliphatic heterocycles. The Morgan fingerprint density at radius 1 is 1.69 bits per heavy atom. The molecule has 1 unspecified atom stereocenters. The summed E-state index contributed by atoms with van der Waals surface area (Å²) in [4.78, 5) is 22.2. The Kier molecular flexibility index (Phi) is 4.01. The second kappa shape index (κ2) is 5.26. The summed E-state index contributed by atoms with van der Waals surface area (Å²) >= 11 is 0. The highest BCUT2D eigenvalue weighted by molar-refractivity contribution is 5.92. The van der Waals surface area contributed by atoms with Gasteiger partial charge in [-0.1, -0.05) is 5.16 Å². The number of carbonyl (C=O) groups excluding carboxylic acids is 2. The molecule has 7 nitrogen and oxygen atoms in total. The van der Waals surface area contributed by atoms with Gasteiger partial charge in [-0.3, -0.25) is 4.79 Å². The van der Waals surface area contributed by atoms with E-state index in [1.165, 1.54) is 6.07 Å². The van der Waals surface area contributed by atoms with E-state index in [1.807, 2.05) is 0 Å². The van der Waals surface area contributed by atoms with E-state index in [2.05, 4.69) is 15.2 Å². The Labute approximate surface area is 91.4 Å². The SMILES string of the molecule is COC(=O)C(O)CNC(=O)c1cc(C)on1. The maximum atomic E-state index is 11.4. The second-order valence-corrected chi connectivity index (χ2v) is 3.07. The second-order valence-electron chi connectivity index (χ2n) is 3.07. The lowest BCUT2D eigenvalue weighted by atomic mass is 10.3. The highest BCUT2D eigenvalue weighted by Gasteiger charge is 2.17. The summed E-state index contributed by atoms with van der Waals surface area (Å²) in [5.74, 6) is -0.838. The first kappa shape index (κ1) is 12.2. The van der Waals surface area contributed by atoms with E-state index in [4.69, 9.17) is 4.52 Å². The first-order chi connectivity index (χ1) is 7.54. The van der Waals surface area contributed by atoms with E-state index < -0.39 is 18.0 Å². The minimum absolute atomic E-state index is 0.0922. The molecule has 0 saturated carbocycles. The molecule has 1 heterocycles. The molecule has 88 valence electrons. The highest BCUT2D eigenvalue weighted by atomic mass is 16.5. The van der Waals surface area contributed by atoms with E-state index in [-0.39, 0.29) is 12.2 Å². The molecule has 7 heteroatoms. The van der Waals surface area contributed by atoms with Gasteiger partial charge >= 0.3 is 5.97 Å². The van der Waals surface area contributed by atoms with Crippen LogP contribution in [0.2, 0.25) is 0 Å². The van der Waals surface area contributed by atoms with Gasteiger partial charge < -0.3 is 19.7 Å². The molecule has 16 heavy (non-hydrogen) atoms. The van der Waals surface area contributed by atoms with Crippen LogP contribution in [0, 0.1) is 6.92 Å². The van der Waals surface area contributed by atoms with Crippen molar-refractivity contribution in [2.24, 2.45) is 0 Å². The quantitative estimate of drug-likeness (QED) is 0.657. The number of carbonyl (C=O) groups is 2. The van der Waals surface area contributed by atoms with E-state index in [1.54, 1.807) is 6.92 Å². The number of esters is 1. The monoisotopic (exact) mass is 228 g/mol. The molecule has 0 bridgehead atoms. The molecule has 0 spiro atoms. The van der Waals surface area contributed by atoms with Crippen LogP contribution in [-0.4, -0.2) is 41.9 Å². The molecule has 0 aromatic carbocycles. The fourth-order valence-corrected chi connectivity index (χ4v) is 0.973. The van der Waals surface area contributed by atoms with Crippen LogP contribution in [0.15, 0.2) is 10.6 Å². The Balaban J connectivity index is 2.44. The van der Waals surface area contributed by atoms with Crippen LogP contribution in [0.25, 0.3) is 0 Å². The van der Waals surface area contributed by atoms with Crippen molar-refractivity contribution in [2.45, 2.75) is 13.0 Å². The Morgan fingerprint density at radius 2 is 2.38 bits per heavy atom. The van der Waals surface area contributed by atoms with E-state index in [0.717, 1.165) is 7.11 Å². The molecule has 1 aromatic rings. The van der Waals surface area contributed by atoms with E-state index in [0.29, 0.717) is 5.76 Å². The van der Waals surface area contributed by atoms with Crippen molar-refractivity contribution in [1.29, 1.82) is 0 Å². The number of nitrogens with one attached hydrogen (secondary N) is 1. The molecule has 1 aromatic heterocycles. The summed E-state index contributed by atoms with van der Waals surface area (Å²) in [6, 6.07) is 1.44. The van der Waals surface area contributed by atoms with E-state index in [9.17, 15) is 14.7 Å². The molecule has 1 atom stereocenters. The van der Waals surface area contributed by atoms with Crippen LogP contribution >= 0.6 is 0 Å². The van der Waals surface area contributed by atoms with Crippen molar-refractivity contribution in [2.75, 3.05) is 13.7 Å². The summed E-state index contributed by atoms with van der Waals surface area (Å²) in [6.45, 7) is 1.41. The van der Waals surface area contributed by atoms with Gasteiger partial charge in [0, 0.05) is 6.07 Å². The van der Waals surface area contributed by atoms with Crippen molar-refractivity contribution >= 4 is 11.9 Å². The van der Waals surface area contributed by atoms with Crippen LogP contribution < -0.4 is 5.32 Å². The van der Waals surface area contributed by atoms with Crippen LogP contribution in [0.4, 0.5) is 0 Å². The Bertz CT molecular complexity index is 387. The van der Waals surface area contributed by atoms with Crippen molar-refractivity contribution in [3.63, 3.8) is 0 Å². The fraction of sp³-hybridized carbons (Fsp3) is 0.444. The molecule has 1 rings (SSSR count). The third-order valence-electron chi connectivity index (χ3n) is 1.79. The normalized spacial score (nSPS) is 11.9. The van der Waals surface area contributed by atoms with Crippen LogP contribution in [0.1, 0.15) is 16.2 Å². The van der Waals surface area contributed by atoms with Gasteiger partial charge in [-0.25, -0.2) is 4.79 Å². The molecule has 0 radical (unpaired) electrons. The maximum Gasteiger partial charge on any atom is 0.336 e. The first-order valence-corrected chi connectivity index (χ1v) is 4.52. The van der Waals surface area contributed by atoms with Crippen LogP contribution in [0.5, 0.6) is 0 Å². The summed E-state index contributed by atoms with van der Waals surface area (Å²) in [5, 5.41) is 15.0. The average Bonchev–Trinajstić information content (AvgIpc) is 2.71. The van der Waals surface area contributed by atoms with Gasteiger partial charge in [-0.2, -0.15) is 0 Å². The topological polar surface area (TPSA) is 102 Å². The number of aliphatic hydroxyl groups excluding tert-OH is 1. The third-order valence-corrected chi connectivity index (χ3v) is 1.79. The summed E-state index contributed by atoms with van der Waals surface area (Å²) in [5.41, 5.74) is 0.0922. The summed E-state index contributed by atoms with van der Waals surface area (Å²) < 4.78 is 8.98. The lowest BCUT2D eigenvalue weighted by Crippen LogP contribution is -2.37. The number of aromatic nitrogens is 1. The zero-order chi connectivity index (χ0) is 12.1. The molecule has 1 amide bonds. The zero-order valence-corrected chi connectivity index (χ0v) is 8.89. The van der Waals surface area contributed by atoms with Crippen molar-refractivity contribution in [1.82, 2.24) is 10.5 Å². The minimum atomic E-state index is -1.39. The van der Waals surface area contributed by atoms with Gasteiger partial charge in [-0.15, -0.1) is 0 Å². The number of nitrogens with zero attached hydrogens (tertiary/aromatic N) is 1. The fourth-order valence-electron chi connectivity index (χ4n) is 0.973. The number of aliphatic hydroxyl groups is 1. The number of ether oxygens (including phenoxy) is 1. The molecule has 0 aliphatic rings. The summed E-state index contributed by atoms with van der Waals surface area (Å²) in [6.07, 6.45) is -1.39. The number of methoxy groups -OCH3 is 1. The Morgan fingerprint density at radius 3 is 2.88 bits per heavy atom. The smallest absolute Gasteiger partial charge is 0.336 e. The largest absolute Gasteiger partial charge is 0.467 e. The lowest BCUT2D eigenvalue weighted by Gasteiger charge is -2.08. The zero-order valence-electron chi connectivity index (χ0n) is 8.89. The Hall–Kier alpha value is -1.89. The number of rotatable bonds is 4. The number of amides is 1. The molecule has 0 saturated heterocycles. The predicted molar refractivity (Wildman–Crippen MR) is 51.6 cm³/mol. The van der Waals surface area contributed by atoms with Gasteiger partial charge in [0.25, 0.3) is 5.91 Å². The molecule has 2 N–H and O–H groups in total. The average molecular weight is 228 g/mol. The number of hydrogen-bond acceptors (Lipinski definition) is 6. The molecular weight excluding hydrogens is 216 g/mol. The van der Waals surface area contributed by atoms with Crippen molar-refractivity contribution in [3.8, 4) is 0 Å². The van der Waals surface area contributed by atoms with Gasteiger partial charge in [0.2, 0.25) is 0 Å². The van der Waals surface area contributed by atoms with Crippen molar-refractivity contribution in [3.05, 3.63) is 17.5 Å². The minimum Gasteiger partial charge on any atom is -0.467 e. The van der Waals surface area contributed by atoms with Crippen molar-refractivity contribution < 1.29 is 24.0 Å². The van der Waals surface area contributed by atoms with Gasteiger partial charge in [-0.05, 0) is 6.92 Å². The highest BCUT2D eigenvalue weighted by Crippen LogP contribution is 2.00. The first-order valence-electron chi connectivity index (χ1n) is 4.52. The lowest BCUT2D eigenvalue weighted by molar-refractivity contribution is -0.149. The van der Waals surface area contributed by atoms with Crippen LogP contribution in [0.3, 0.4) is 0 Å². The molecule has 0 fully saturated rings. The maximum absolute atomic E-state index is 11.4. The summed E-state index contributed by atoms with van der Waals surface area (Å²) in [7, 11) is 1.15. The van der Waals surface area contributed by atoms with E-state index >= 15 is 0 Å². The molecule has 0 aliphatic carbocycles. The predicted octanol–water partition coefficient (Wildman–Crippen LogP) is -0.753. The standard InChI is InChI=1S/C9H12N2O5/c1-5-3-6(11-16-5)8(13)10-4-7(12)9(14)15-2/h3,7,12H,4H2,1-2H3,(H,10,13). The van der Waals surface area contributed by atoms with Gasteiger partial charge in [0.05, 0.1) is 13.7 Å². The van der Waals surface area contributed by atoms with Gasteiger partial charge in [0.15, 0.2) is 11.8 Å². The van der Waals surface area contributed by atoms with Gasteiger partial charge in [0.1, 0.15) is 5.76 Å². The number of aryl methyl sites for hydroxylation is 1.